The second kappa shape index (κ2) is 9.29. The van der Waals surface area contributed by atoms with Gasteiger partial charge in [0, 0.05) is 12.1 Å². The minimum Gasteiger partial charge on any atom is -0.538 e. The largest absolute Gasteiger partial charge is 0.538 e. The number of thioether (sulfide) groups is 1. The number of carbonyl (C=O) groups is 1. The van der Waals surface area contributed by atoms with E-state index in [1.165, 1.54) is 6.92 Å². The van der Waals surface area contributed by atoms with Crippen molar-refractivity contribution in [1.29, 1.82) is 0 Å². The third kappa shape index (κ3) is 4.74. The molecule has 0 aliphatic heterocycles. The Bertz CT molecular complexity index is 1160. The van der Waals surface area contributed by atoms with Gasteiger partial charge in [0.25, 0.3) is 5.03 Å². The van der Waals surface area contributed by atoms with Crippen molar-refractivity contribution < 1.29 is 49.8 Å². The Balaban J connectivity index is 1.92. The first-order valence-corrected chi connectivity index (χ1v) is 9.90. The van der Waals surface area contributed by atoms with Crippen molar-refractivity contribution in [1.82, 2.24) is 5.27 Å². The van der Waals surface area contributed by atoms with Crippen LogP contribution < -0.4 is 15.1 Å². The number of carbonyl (C=O) groups excluding carboxylic acids is 1. The number of halogens is 7. The number of nitrogens with one attached hydrogen (secondary N) is 1. The van der Waals surface area contributed by atoms with Gasteiger partial charge in [-0.2, -0.15) is 13.2 Å². The summed E-state index contributed by atoms with van der Waals surface area (Å²) < 4.78 is 99.6. The summed E-state index contributed by atoms with van der Waals surface area (Å²) in [6.07, 6.45) is -5.78. The van der Waals surface area contributed by atoms with Gasteiger partial charge in [-0.05, 0) is 22.9 Å². The lowest BCUT2D eigenvalue weighted by Crippen LogP contribution is -2.36. The van der Waals surface area contributed by atoms with Crippen LogP contribution in [0.2, 0.25) is 0 Å². The first-order chi connectivity index (χ1) is 15.5. The van der Waals surface area contributed by atoms with Crippen LogP contribution in [0.15, 0.2) is 39.9 Å². The highest BCUT2D eigenvalue weighted by Crippen LogP contribution is 2.39. The van der Waals surface area contributed by atoms with Crippen LogP contribution in [0.1, 0.15) is 18.9 Å². The number of amides is 1. The van der Waals surface area contributed by atoms with Gasteiger partial charge in [-0.3, -0.25) is 4.79 Å². The van der Waals surface area contributed by atoms with Gasteiger partial charge in [-0.15, -0.1) is 0 Å². The molecule has 0 aliphatic carbocycles. The minimum absolute atomic E-state index is 0.0647. The molecule has 14 heteroatoms. The van der Waals surface area contributed by atoms with Crippen molar-refractivity contribution in [3.63, 3.8) is 0 Å². The third-order valence-corrected chi connectivity index (χ3v) is 5.68. The van der Waals surface area contributed by atoms with E-state index in [1.54, 1.807) is 35.6 Å². The maximum atomic E-state index is 14.1. The molecule has 6 nitrogen and oxygen atoms in total. The Morgan fingerprint density at radius 1 is 1.12 bits per heavy atom. The van der Waals surface area contributed by atoms with Crippen molar-refractivity contribution in [2.45, 2.75) is 29.8 Å². The molecule has 176 valence electrons. The smallest absolute Gasteiger partial charge is 0.422 e. The molecule has 1 heterocycles. The Labute approximate surface area is 185 Å². The molecule has 0 fully saturated rings. The van der Waals surface area contributed by atoms with Crippen LogP contribution in [-0.2, 0) is 11.0 Å². The summed E-state index contributed by atoms with van der Waals surface area (Å²) in [7, 11) is 0. The van der Waals surface area contributed by atoms with Gasteiger partial charge in [0.15, 0.2) is 29.2 Å². The van der Waals surface area contributed by atoms with Crippen molar-refractivity contribution in [3.8, 4) is 11.6 Å². The third-order valence-electron chi connectivity index (χ3n) is 4.29. The zero-order chi connectivity index (χ0) is 24.5. The summed E-state index contributed by atoms with van der Waals surface area (Å²) in [4.78, 5) is 12.5. The number of hydrogen-bond acceptors (Lipinski definition) is 5. The molecule has 3 rings (SSSR count). The highest BCUT2D eigenvalue weighted by atomic mass is 32.2. The number of nitrogens with zero attached hydrogens (tertiary/aromatic N) is 2. The summed E-state index contributed by atoms with van der Waals surface area (Å²) in [5, 5.41) is 15.7. The van der Waals surface area contributed by atoms with E-state index in [-0.39, 0.29) is 11.4 Å². The number of anilines is 1. The average Bonchev–Trinajstić information content (AvgIpc) is 3.13. The van der Waals surface area contributed by atoms with Crippen molar-refractivity contribution in [2.75, 3.05) is 5.32 Å². The van der Waals surface area contributed by atoms with Gasteiger partial charge < -0.3 is 14.9 Å². The van der Waals surface area contributed by atoms with E-state index in [9.17, 15) is 40.6 Å². The van der Waals surface area contributed by atoms with Crippen LogP contribution in [0.5, 0.6) is 5.95 Å². The minimum atomic E-state index is -5.72. The van der Waals surface area contributed by atoms with Crippen LogP contribution in [-0.4, -0.2) is 16.4 Å². The van der Waals surface area contributed by atoms with E-state index in [2.05, 4.69) is 9.79 Å². The van der Waals surface area contributed by atoms with Crippen LogP contribution in [0.25, 0.3) is 5.69 Å². The molecule has 0 aliphatic rings. The highest BCUT2D eigenvalue weighted by molar-refractivity contribution is 8.00. The van der Waals surface area contributed by atoms with E-state index in [0.29, 0.717) is 17.4 Å². The average molecular weight is 495 g/mol. The van der Waals surface area contributed by atoms with Crippen molar-refractivity contribution in [2.24, 2.45) is 0 Å². The fourth-order valence-electron chi connectivity index (χ4n) is 2.72. The molecule has 3 aromatic rings. The molecule has 1 unspecified atom stereocenters. The van der Waals surface area contributed by atoms with Gasteiger partial charge in [0.2, 0.25) is 11.6 Å². The number of alkyl halides is 3. The van der Waals surface area contributed by atoms with Crippen LogP contribution in [0.4, 0.5) is 36.4 Å². The van der Waals surface area contributed by atoms with Gasteiger partial charge in [0.1, 0.15) is 11.3 Å². The maximum Gasteiger partial charge on any atom is 0.422 e. The number of rotatable bonds is 6. The molecule has 1 amide bonds. The summed E-state index contributed by atoms with van der Waals surface area (Å²) in [5.41, 5.74) is -4.11. The lowest BCUT2D eigenvalue weighted by Gasteiger charge is -2.17. The standard InChI is InChI=1S/C19H12F7N3O3S/c1-2-9(33-17-18(31)32-28-29(17)8-6-4-3-5-7-8)16(30)27-15-13(22)11(20)10(19(24,25)26)12(21)14(15)23/h3-7,9H,2H2,1H3,(H-,27,28,30,31). The molecule has 0 saturated carbocycles. The predicted octanol–water partition coefficient (Wildman–Crippen LogP) is 4.11. The van der Waals surface area contributed by atoms with Gasteiger partial charge in [-0.1, -0.05) is 25.1 Å². The molecule has 1 aromatic heterocycles. The van der Waals surface area contributed by atoms with Crippen molar-refractivity contribution >= 4 is 23.4 Å². The molecular formula is C19H12F7N3O3S. The van der Waals surface area contributed by atoms with E-state index in [0.717, 1.165) is 4.68 Å². The fourth-order valence-corrected chi connectivity index (χ4v) is 3.70. The van der Waals surface area contributed by atoms with Gasteiger partial charge in [0.05, 0.1) is 10.5 Å². The molecule has 1 N–H and O–H groups in total. The Morgan fingerprint density at radius 2 is 1.70 bits per heavy atom. The lowest BCUT2D eigenvalue weighted by atomic mass is 10.1. The number of para-hydroxylation sites is 1. The molecule has 0 bridgehead atoms. The van der Waals surface area contributed by atoms with E-state index >= 15 is 0 Å². The fraction of sp³-hybridized carbons (Fsp3) is 0.211. The molecule has 0 saturated heterocycles. The SMILES string of the molecule is CCC(Sc1c([O-])on[n+]1-c1ccccc1)C(=O)Nc1c(F)c(F)c(C(F)(F)F)c(F)c1F. The summed E-state index contributed by atoms with van der Waals surface area (Å²) in [6, 6.07) is 8.05. The second-order valence-corrected chi connectivity index (χ2v) is 7.61. The van der Waals surface area contributed by atoms with Gasteiger partial charge >= 0.3 is 6.18 Å². The summed E-state index contributed by atoms with van der Waals surface area (Å²) in [5.74, 6) is -12.5. The first kappa shape index (κ1) is 24.4. The zero-order valence-electron chi connectivity index (χ0n) is 16.3. The molecule has 0 spiro atoms. The van der Waals surface area contributed by atoms with Crippen molar-refractivity contribution in [3.05, 3.63) is 59.2 Å². The highest BCUT2D eigenvalue weighted by Gasteiger charge is 2.43. The Hall–Kier alpha value is -3.29. The van der Waals surface area contributed by atoms with Crippen LogP contribution in [0, 0.1) is 23.3 Å². The van der Waals surface area contributed by atoms with E-state index < -0.39 is 57.8 Å². The molecule has 1 atom stereocenters. The zero-order valence-corrected chi connectivity index (χ0v) is 17.2. The molecule has 2 aromatic carbocycles. The monoisotopic (exact) mass is 495 g/mol. The maximum absolute atomic E-state index is 14.1. The van der Waals surface area contributed by atoms with Crippen LogP contribution >= 0.6 is 11.8 Å². The number of benzene rings is 2. The van der Waals surface area contributed by atoms with Gasteiger partial charge in [-0.25, -0.2) is 17.6 Å². The normalized spacial score (nSPS) is 12.6. The second-order valence-electron chi connectivity index (χ2n) is 6.42. The lowest BCUT2D eigenvalue weighted by molar-refractivity contribution is -0.705. The Kier molecular flexibility index (Phi) is 6.86. The number of aromatic nitrogens is 2. The van der Waals surface area contributed by atoms with E-state index in [4.69, 9.17) is 0 Å². The quantitative estimate of drug-likeness (QED) is 0.241. The predicted molar refractivity (Wildman–Crippen MR) is 97.3 cm³/mol. The molecule has 33 heavy (non-hydrogen) atoms. The summed E-state index contributed by atoms with van der Waals surface area (Å²) in [6.45, 7) is 1.45. The van der Waals surface area contributed by atoms with Crippen LogP contribution in [0.3, 0.4) is 0 Å². The van der Waals surface area contributed by atoms with E-state index in [1.807, 2.05) is 0 Å². The first-order valence-electron chi connectivity index (χ1n) is 9.02. The summed E-state index contributed by atoms with van der Waals surface area (Å²) >= 11 is 0.568. The molecular weight excluding hydrogens is 483 g/mol. The molecule has 0 radical (unpaired) electrons. The topological polar surface area (TPSA) is 82.1 Å². The number of hydrogen-bond donors (Lipinski definition) is 1. The Morgan fingerprint density at radius 3 is 2.21 bits per heavy atom.